The van der Waals surface area contributed by atoms with Crippen LogP contribution in [0.5, 0.6) is 0 Å². The van der Waals surface area contributed by atoms with Gasteiger partial charge in [-0.2, -0.15) is 0 Å². The summed E-state index contributed by atoms with van der Waals surface area (Å²) in [5.74, 6) is 1.74. The van der Waals surface area contributed by atoms with Crippen LogP contribution in [0.3, 0.4) is 0 Å². The van der Waals surface area contributed by atoms with Crippen molar-refractivity contribution in [3.05, 3.63) is 0 Å². The molecule has 0 radical (unpaired) electrons. The summed E-state index contributed by atoms with van der Waals surface area (Å²) in [4.78, 5) is 0. The Labute approximate surface area is 57.4 Å². The van der Waals surface area contributed by atoms with Crippen LogP contribution < -0.4 is 0 Å². The molecule has 0 spiro atoms. The summed E-state index contributed by atoms with van der Waals surface area (Å²) in [5.41, 5.74) is 0. The third kappa shape index (κ3) is 1.45. The van der Waals surface area contributed by atoms with E-state index in [9.17, 15) is 0 Å². The fraction of sp³-hybridized carbons (Fsp3) is 1.00. The van der Waals surface area contributed by atoms with Crippen molar-refractivity contribution in [3.63, 3.8) is 0 Å². The Morgan fingerprint density at radius 3 is 1.78 bits per heavy atom. The van der Waals surface area contributed by atoms with Crippen LogP contribution in [0, 0.1) is 11.8 Å². The largest absolute Gasteiger partial charge is 0.381 e. The van der Waals surface area contributed by atoms with Gasteiger partial charge in [-0.1, -0.05) is 13.8 Å². The lowest BCUT2D eigenvalue weighted by Crippen LogP contribution is -2.03. The summed E-state index contributed by atoms with van der Waals surface area (Å²) in [5, 5.41) is 0. The Bertz CT molecular complexity index is 80.6. The molecule has 0 N–H and O–H groups in total. The molecule has 54 valence electrons. The van der Waals surface area contributed by atoms with Crippen LogP contribution in [0.1, 0.15) is 26.7 Å². The molecule has 0 aromatic carbocycles. The van der Waals surface area contributed by atoms with Gasteiger partial charge < -0.3 is 4.74 Å². The molecule has 0 saturated heterocycles. The van der Waals surface area contributed by atoms with Crippen molar-refractivity contribution in [2.45, 2.75) is 32.8 Å². The van der Waals surface area contributed by atoms with E-state index in [0.29, 0.717) is 6.10 Å². The summed E-state index contributed by atoms with van der Waals surface area (Å²) >= 11 is 0. The Kier molecular flexibility index (Phi) is 2.12. The van der Waals surface area contributed by atoms with E-state index in [1.165, 1.54) is 12.8 Å². The second-order valence-corrected chi connectivity index (χ2v) is 3.28. The molecule has 1 aliphatic rings. The fourth-order valence-electron chi connectivity index (χ4n) is 1.58. The van der Waals surface area contributed by atoms with Crippen molar-refractivity contribution < 1.29 is 4.74 Å². The van der Waals surface area contributed by atoms with Gasteiger partial charge in [-0.15, -0.1) is 0 Å². The molecule has 1 saturated carbocycles. The highest BCUT2D eigenvalue weighted by Crippen LogP contribution is 2.32. The van der Waals surface area contributed by atoms with E-state index >= 15 is 0 Å². The summed E-state index contributed by atoms with van der Waals surface area (Å²) < 4.78 is 5.25. The molecular weight excluding hydrogens is 112 g/mol. The zero-order valence-corrected chi connectivity index (χ0v) is 6.55. The number of methoxy groups -OCH3 is 1. The molecule has 2 unspecified atom stereocenters. The number of hydrogen-bond donors (Lipinski definition) is 0. The number of rotatable bonds is 1. The fourth-order valence-corrected chi connectivity index (χ4v) is 1.58. The molecular formula is C8H16O. The summed E-state index contributed by atoms with van der Waals surface area (Å²) in [7, 11) is 1.81. The first kappa shape index (κ1) is 7.07. The van der Waals surface area contributed by atoms with Crippen molar-refractivity contribution in [3.8, 4) is 0 Å². The highest BCUT2D eigenvalue weighted by molar-refractivity contribution is 4.78. The van der Waals surface area contributed by atoms with Crippen LogP contribution >= 0.6 is 0 Å². The monoisotopic (exact) mass is 128 g/mol. The maximum atomic E-state index is 5.25. The second-order valence-electron chi connectivity index (χ2n) is 3.28. The van der Waals surface area contributed by atoms with E-state index in [0.717, 1.165) is 11.8 Å². The number of hydrogen-bond acceptors (Lipinski definition) is 1. The van der Waals surface area contributed by atoms with E-state index in [1.54, 1.807) is 0 Å². The van der Waals surface area contributed by atoms with Gasteiger partial charge in [0, 0.05) is 7.11 Å². The first-order chi connectivity index (χ1) is 4.24. The minimum atomic E-state index is 0.551. The smallest absolute Gasteiger partial charge is 0.0576 e. The lowest BCUT2D eigenvalue weighted by molar-refractivity contribution is 0.104. The molecule has 9 heavy (non-hydrogen) atoms. The van der Waals surface area contributed by atoms with Gasteiger partial charge in [0.2, 0.25) is 0 Å². The van der Waals surface area contributed by atoms with Crippen LogP contribution in [-0.4, -0.2) is 13.2 Å². The molecule has 2 atom stereocenters. The van der Waals surface area contributed by atoms with Crippen molar-refractivity contribution in [2.24, 2.45) is 11.8 Å². The molecule has 1 rings (SSSR count). The van der Waals surface area contributed by atoms with E-state index in [4.69, 9.17) is 4.74 Å². The van der Waals surface area contributed by atoms with E-state index in [1.807, 2.05) is 7.11 Å². The molecule has 1 aliphatic carbocycles. The molecule has 0 aromatic rings. The lowest BCUT2D eigenvalue weighted by Gasteiger charge is -2.04. The van der Waals surface area contributed by atoms with Gasteiger partial charge in [0.1, 0.15) is 0 Å². The molecule has 1 nitrogen and oxygen atoms in total. The molecule has 0 aromatic heterocycles. The maximum absolute atomic E-state index is 5.25. The van der Waals surface area contributed by atoms with Gasteiger partial charge in [0.25, 0.3) is 0 Å². The zero-order valence-electron chi connectivity index (χ0n) is 6.55. The van der Waals surface area contributed by atoms with Gasteiger partial charge in [-0.25, -0.2) is 0 Å². The van der Waals surface area contributed by atoms with Gasteiger partial charge in [0.05, 0.1) is 6.10 Å². The Morgan fingerprint density at radius 1 is 1.11 bits per heavy atom. The molecule has 0 heterocycles. The average Bonchev–Trinajstić information content (AvgIpc) is 2.13. The minimum Gasteiger partial charge on any atom is -0.381 e. The molecule has 1 fully saturated rings. The summed E-state index contributed by atoms with van der Waals surface area (Å²) in [6, 6.07) is 0. The molecule has 0 bridgehead atoms. The van der Waals surface area contributed by atoms with Crippen molar-refractivity contribution in [1.82, 2.24) is 0 Å². The normalized spacial score (nSPS) is 43.7. The number of ether oxygens (including phenoxy) is 1. The maximum Gasteiger partial charge on any atom is 0.0576 e. The minimum absolute atomic E-state index is 0.551. The molecule has 0 amide bonds. The van der Waals surface area contributed by atoms with Crippen molar-refractivity contribution in [1.29, 1.82) is 0 Å². The Balaban J connectivity index is 2.35. The predicted molar refractivity (Wildman–Crippen MR) is 38.4 cm³/mol. The van der Waals surface area contributed by atoms with Crippen molar-refractivity contribution >= 4 is 0 Å². The standard InChI is InChI=1S/C8H16O/c1-6-4-8(9-3)5-7(6)2/h6-8H,4-5H2,1-3H3. The predicted octanol–water partition coefficient (Wildman–Crippen LogP) is 2.07. The first-order valence-electron chi connectivity index (χ1n) is 3.76. The van der Waals surface area contributed by atoms with Crippen LogP contribution in [0.25, 0.3) is 0 Å². The quantitative estimate of drug-likeness (QED) is 0.525. The summed E-state index contributed by atoms with van der Waals surface area (Å²) in [6.07, 6.45) is 3.07. The Hall–Kier alpha value is -0.0400. The van der Waals surface area contributed by atoms with Crippen LogP contribution in [-0.2, 0) is 4.74 Å². The zero-order chi connectivity index (χ0) is 6.85. The third-order valence-corrected chi connectivity index (χ3v) is 2.57. The van der Waals surface area contributed by atoms with Crippen LogP contribution in [0.2, 0.25) is 0 Å². The van der Waals surface area contributed by atoms with Crippen LogP contribution in [0.4, 0.5) is 0 Å². The summed E-state index contributed by atoms with van der Waals surface area (Å²) in [6.45, 7) is 4.62. The topological polar surface area (TPSA) is 9.23 Å². The first-order valence-corrected chi connectivity index (χ1v) is 3.76. The van der Waals surface area contributed by atoms with Crippen molar-refractivity contribution in [2.75, 3.05) is 7.11 Å². The molecule has 0 aliphatic heterocycles. The average molecular weight is 128 g/mol. The van der Waals surface area contributed by atoms with Gasteiger partial charge in [-0.05, 0) is 24.7 Å². The van der Waals surface area contributed by atoms with E-state index < -0.39 is 0 Å². The van der Waals surface area contributed by atoms with Gasteiger partial charge >= 0.3 is 0 Å². The molecule has 1 heteroatoms. The van der Waals surface area contributed by atoms with Gasteiger partial charge in [0.15, 0.2) is 0 Å². The lowest BCUT2D eigenvalue weighted by atomic mass is 10.0. The third-order valence-electron chi connectivity index (χ3n) is 2.57. The van der Waals surface area contributed by atoms with Gasteiger partial charge in [-0.3, -0.25) is 0 Å². The van der Waals surface area contributed by atoms with E-state index in [2.05, 4.69) is 13.8 Å². The van der Waals surface area contributed by atoms with E-state index in [-0.39, 0.29) is 0 Å². The Morgan fingerprint density at radius 2 is 1.56 bits per heavy atom. The van der Waals surface area contributed by atoms with Crippen LogP contribution in [0.15, 0.2) is 0 Å². The second kappa shape index (κ2) is 2.70. The highest BCUT2D eigenvalue weighted by Gasteiger charge is 2.27. The highest BCUT2D eigenvalue weighted by atomic mass is 16.5. The SMILES string of the molecule is COC1CC(C)C(C)C1.